The predicted molar refractivity (Wildman–Crippen MR) is 123 cm³/mol. The summed E-state index contributed by atoms with van der Waals surface area (Å²) in [5, 5.41) is 8.12. The Morgan fingerprint density at radius 1 is 1.00 bits per heavy atom. The fourth-order valence-electron chi connectivity index (χ4n) is 2.78. The molecule has 154 valence electrons. The minimum atomic E-state index is 0.339. The number of hydrogen-bond acceptors (Lipinski definition) is 8. The van der Waals surface area contributed by atoms with E-state index in [0.717, 1.165) is 15.7 Å². The number of ether oxygens (including phenoxy) is 1. The Labute approximate surface area is 187 Å². The highest BCUT2D eigenvalue weighted by molar-refractivity contribution is 9.10. The first-order valence-corrected chi connectivity index (χ1v) is 10.5. The van der Waals surface area contributed by atoms with Crippen LogP contribution in [0.3, 0.4) is 0 Å². The van der Waals surface area contributed by atoms with Gasteiger partial charge in [0.25, 0.3) is 0 Å². The van der Waals surface area contributed by atoms with Crippen LogP contribution < -0.4 is 15.6 Å². The highest BCUT2D eigenvalue weighted by atomic mass is 79.9. The number of nitrogens with one attached hydrogen (secondary N) is 2. The van der Waals surface area contributed by atoms with Crippen molar-refractivity contribution in [3.8, 4) is 0 Å². The standard InChI is InChI=1S/C20H19BrClN7O/c21-17-4-2-1-3-14(17)13-23-28-19-25-18(24-16-7-5-15(22)6-8-16)26-20(27-19)29-9-11-30-12-10-29/h1-8,13H,9-12H2,(H2,24,25,26,27,28)/b23-13+. The largest absolute Gasteiger partial charge is 0.378 e. The van der Waals surface area contributed by atoms with Crippen LogP contribution in [0.2, 0.25) is 5.02 Å². The third-order valence-corrected chi connectivity index (χ3v) is 5.27. The van der Waals surface area contributed by atoms with Crippen LogP contribution in [0, 0.1) is 0 Å². The molecular formula is C20H19BrClN7O. The molecule has 0 spiro atoms. The van der Waals surface area contributed by atoms with Crippen molar-refractivity contribution >= 4 is 57.3 Å². The lowest BCUT2D eigenvalue weighted by Crippen LogP contribution is -2.37. The molecule has 0 amide bonds. The summed E-state index contributed by atoms with van der Waals surface area (Å²) in [6.45, 7) is 2.69. The Morgan fingerprint density at radius 2 is 1.73 bits per heavy atom. The van der Waals surface area contributed by atoms with Crippen LogP contribution in [0.5, 0.6) is 0 Å². The zero-order chi connectivity index (χ0) is 20.8. The molecule has 0 aliphatic carbocycles. The topological polar surface area (TPSA) is 87.6 Å². The molecular weight excluding hydrogens is 470 g/mol. The number of aromatic nitrogens is 3. The lowest BCUT2D eigenvalue weighted by atomic mass is 10.2. The summed E-state index contributed by atoms with van der Waals surface area (Å²) in [7, 11) is 0. The summed E-state index contributed by atoms with van der Waals surface area (Å²) < 4.78 is 6.38. The monoisotopic (exact) mass is 487 g/mol. The number of benzene rings is 2. The number of hydrogen-bond donors (Lipinski definition) is 2. The summed E-state index contributed by atoms with van der Waals surface area (Å²) in [5.74, 6) is 1.31. The second-order valence-corrected chi connectivity index (χ2v) is 7.70. The van der Waals surface area contributed by atoms with Crippen LogP contribution in [-0.4, -0.2) is 47.5 Å². The van der Waals surface area contributed by atoms with Crippen LogP contribution in [0.1, 0.15) is 5.56 Å². The predicted octanol–water partition coefficient (Wildman–Crippen LogP) is 4.31. The molecule has 2 heterocycles. The quantitative estimate of drug-likeness (QED) is 0.395. The number of nitrogens with zero attached hydrogens (tertiary/aromatic N) is 5. The van der Waals surface area contributed by atoms with E-state index >= 15 is 0 Å². The van der Waals surface area contributed by atoms with Crippen LogP contribution in [0.4, 0.5) is 23.5 Å². The lowest BCUT2D eigenvalue weighted by molar-refractivity contribution is 0.122. The molecule has 0 radical (unpaired) electrons. The van der Waals surface area contributed by atoms with Gasteiger partial charge in [0, 0.05) is 33.8 Å². The second kappa shape index (κ2) is 9.84. The van der Waals surface area contributed by atoms with Gasteiger partial charge in [0.05, 0.1) is 19.4 Å². The number of morpholine rings is 1. The zero-order valence-electron chi connectivity index (χ0n) is 15.9. The molecule has 0 unspecified atom stereocenters. The fourth-order valence-corrected chi connectivity index (χ4v) is 3.29. The Morgan fingerprint density at radius 3 is 2.50 bits per heavy atom. The lowest BCUT2D eigenvalue weighted by Gasteiger charge is -2.27. The molecule has 0 bridgehead atoms. The van der Waals surface area contributed by atoms with E-state index < -0.39 is 0 Å². The van der Waals surface area contributed by atoms with Gasteiger partial charge in [0.15, 0.2) is 0 Å². The van der Waals surface area contributed by atoms with Gasteiger partial charge in [-0.2, -0.15) is 20.1 Å². The highest BCUT2D eigenvalue weighted by Crippen LogP contribution is 2.20. The minimum absolute atomic E-state index is 0.339. The molecule has 10 heteroatoms. The summed E-state index contributed by atoms with van der Waals surface area (Å²) in [4.78, 5) is 15.6. The molecule has 1 aliphatic rings. The molecule has 0 saturated carbocycles. The van der Waals surface area contributed by atoms with Gasteiger partial charge in [-0.25, -0.2) is 5.43 Å². The Bertz CT molecular complexity index is 1030. The van der Waals surface area contributed by atoms with E-state index in [1.165, 1.54) is 0 Å². The Balaban J connectivity index is 1.57. The smallest absolute Gasteiger partial charge is 0.250 e. The summed E-state index contributed by atoms with van der Waals surface area (Å²) in [5.41, 5.74) is 4.66. The maximum Gasteiger partial charge on any atom is 0.250 e. The van der Waals surface area contributed by atoms with Gasteiger partial charge in [-0.1, -0.05) is 45.7 Å². The summed E-state index contributed by atoms with van der Waals surface area (Å²) >= 11 is 9.47. The molecule has 2 aromatic carbocycles. The highest BCUT2D eigenvalue weighted by Gasteiger charge is 2.16. The summed E-state index contributed by atoms with van der Waals surface area (Å²) in [6, 6.07) is 15.1. The number of rotatable bonds is 6. The van der Waals surface area contributed by atoms with Gasteiger partial charge < -0.3 is 15.0 Å². The van der Waals surface area contributed by atoms with Crippen LogP contribution in [0.25, 0.3) is 0 Å². The second-order valence-electron chi connectivity index (χ2n) is 6.41. The van der Waals surface area contributed by atoms with E-state index in [0.29, 0.717) is 49.2 Å². The van der Waals surface area contributed by atoms with Crippen LogP contribution >= 0.6 is 27.5 Å². The van der Waals surface area contributed by atoms with E-state index in [1.807, 2.05) is 36.4 Å². The van der Waals surface area contributed by atoms with Crippen molar-refractivity contribution < 1.29 is 4.74 Å². The van der Waals surface area contributed by atoms with Crippen molar-refractivity contribution in [3.05, 3.63) is 63.6 Å². The molecule has 1 aliphatic heterocycles. The van der Waals surface area contributed by atoms with Crippen molar-refractivity contribution in [2.75, 3.05) is 41.9 Å². The molecule has 8 nitrogen and oxygen atoms in total. The van der Waals surface area contributed by atoms with Crippen molar-refractivity contribution in [3.63, 3.8) is 0 Å². The molecule has 1 saturated heterocycles. The van der Waals surface area contributed by atoms with Gasteiger partial charge in [0.1, 0.15) is 0 Å². The average Bonchev–Trinajstić information content (AvgIpc) is 2.77. The van der Waals surface area contributed by atoms with Gasteiger partial charge in [-0.05, 0) is 30.3 Å². The average molecular weight is 489 g/mol. The first kappa shape index (κ1) is 20.5. The first-order valence-electron chi connectivity index (χ1n) is 9.32. The Hall–Kier alpha value is -2.75. The molecule has 1 fully saturated rings. The van der Waals surface area contributed by atoms with E-state index in [4.69, 9.17) is 16.3 Å². The van der Waals surface area contributed by atoms with Gasteiger partial charge in [-0.15, -0.1) is 0 Å². The van der Waals surface area contributed by atoms with Crippen molar-refractivity contribution in [1.82, 2.24) is 15.0 Å². The van der Waals surface area contributed by atoms with E-state index in [1.54, 1.807) is 18.3 Å². The number of hydrazone groups is 1. The molecule has 2 N–H and O–H groups in total. The van der Waals surface area contributed by atoms with Gasteiger partial charge in [0.2, 0.25) is 17.8 Å². The maximum absolute atomic E-state index is 5.97. The van der Waals surface area contributed by atoms with Crippen molar-refractivity contribution in [2.45, 2.75) is 0 Å². The molecule has 30 heavy (non-hydrogen) atoms. The van der Waals surface area contributed by atoms with Crippen molar-refractivity contribution in [1.29, 1.82) is 0 Å². The van der Waals surface area contributed by atoms with Gasteiger partial charge in [-0.3, -0.25) is 0 Å². The third kappa shape index (κ3) is 5.44. The SMILES string of the molecule is Clc1ccc(Nc2nc(N/N=C/c3ccccc3Br)nc(N3CCOCC3)n2)cc1. The van der Waals surface area contributed by atoms with Crippen LogP contribution in [-0.2, 0) is 4.74 Å². The zero-order valence-corrected chi connectivity index (χ0v) is 18.3. The van der Waals surface area contributed by atoms with Crippen LogP contribution in [0.15, 0.2) is 58.1 Å². The minimum Gasteiger partial charge on any atom is -0.378 e. The number of anilines is 4. The Kier molecular flexibility index (Phi) is 6.73. The normalized spacial score (nSPS) is 14.1. The molecule has 0 atom stereocenters. The van der Waals surface area contributed by atoms with E-state index in [-0.39, 0.29) is 0 Å². The fraction of sp³-hybridized carbons (Fsp3) is 0.200. The molecule has 3 aromatic rings. The van der Waals surface area contributed by atoms with E-state index in [9.17, 15) is 0 Å². The molecule has 4 rings (SSSR count). The maximum atomic E-state index is 5.97. The first-order chi connectivity index (χ1) is 14.7. The number of halogens is 2. The van der Waals surface area contributed by atoms with E-state index in [2.05, 4.69) is 51.6 Å². The van der Waals surface area contributed by atoms with Crippen molar-refractivity contribution in [2.24, 2.45) is 5.10 Å². The summed E-state index contributed by atoms with van der Waals surface area (Å²) in [6.07, 6.45) is 1.70. The van der Waals surface area contributed by atoms with Gasteiger partial charge >= 0.3 is 0 Å². The third-order valence-electron chi connectivity index (χ3n) is 4.29. The molecule has 1 aromatic heterocycles.